The van der Waals surface area contributed by atoms with Crippen molar-refractivity contribution in [3.63, 3.8) is 0 Å². The monoisotopic (exact) mass is 477 g/mol. The van der Waals surface area contributed by atoms with Gasteiger partial charge >= 0.3 is 6.61 Å². The van der Waals surface area contributed by atoms with E-state index in [1.807, 2.05) is 30.3 Å². The van der Waals surface area contributed by atoms with Gasteiger partial charge in [0.15, 0.2) is 5.96 Å². The molecule has 0 radical (unpaired) electrons. The van der Waals surface area contributed by atoms with E-state index < -0.39 is 6.61 Å². The maximum Gasteiger partial charge on any atom is 0.387 e. The molecule has 26 heavy (non-hydrogen) atoms. The average molecular weight is 477 g/mol. The summed E-state index contributed by atoms with van der Waals surface area (Å²) in [6.45, 7) is -1.80. The Kier molecular flexibility index (Phi) is 9.71. The van der Waals surface area contributed by atoms with Gasteiger partial charge in [0.1, 0.15) is 11.5 Å². The smallest absolute Gasteiger partial charge is 0.387 e. The van der Waals surface area contributed by atoms with E-state index in [9.17, 15) is 8.78 Å². The lowest BCUT2D eigenvalue weighted by atomic mass is 10.2. The standard InChI is InChI=1S/C18H21F2N3O2.HI/c1-21-18(22-11-13-6-8-15(24-2)9-7-13)23-12-14-4-3-5-16(10-14)25-17(19)20;/h3-10,17H,11-12H2,1-2H3,(H2,21,22,23);1H. The van der Waals surface area contributed by atoms with E-state index in [0.717, 1.165) is 16.9 Å². The van der Waals surface area contributed by atoms with Crippen LogP contribution in [0.1, 0.15) is 11.1 Å². The minimum absolute atomic E-state index is 0. The van der Waals surface area contributed by atoms with Crippen LogP contribution in [0.4, 0.5) is 8.78 Å². The molecule has 2 rings (SSSR count). The van der Waals surface area contributed by atoms with Gasteiger partial charge in [-0.3, -0.25) is 4.99 Å². The quantitative estimate of drug-likeness (QED) is 0.362. The molecule has 142 valence electrons. The third-order valence-corrected chi connectivity index (χ3v) is 3.43. The molecular formula is C18H22F2IN3O2. The number of alkyl halides is 2. The molecule has 5 nitrogen and oxygen atoms in total. The summed E-state index contributed by atoms with van der Waals surface area (Å²) in [5, 5.41) is 6.32. The number of guanidine groups is 1. The van der Waals surface area contributed by atoms with Gasteiger partial charge in [0, 0.05) is 20.1 Å². The van der Waals surface area contributed by atoms with E-state index in [4.69, 9.17) is 4.74 Å². The number of aliphatic imine (C=N–C) groups is 1. The second-order valence-corrected chi connectivity index (χ2v) is 5.15. The zero-order valence-electron chi connectivity index (χ0n) is 14.5. The number of methoxy groups -OCH3 is 1. The highest BCUT2D eigenvalue weighted by Gasteiger charge is 2.05. The fourth-order valence-corrected chi connectivity index (χ4v) is 2.17. The normalized spacial score (nSPS) is 10.9. The molecule has 0 spiro atoms. The highest BCUT2D eigenvalue weighted by atomic mass is 127. The first-order chi connectivity index (χ1) is 12.1. The van der Waals surface area contributed by atoms with Gasteiger partial charge in [-0.1, -0.05) is 24.3 Å². The predicted octanol–water partition coefficient (Wildman–Crippen LogP) is 3.78. The number of rotatable bonds is 7. The van der Waals surface area contributed by atoms with Gasteiger partial charge in [0.2, 0.25) is 0 Å². The van der Waals surface area contributed by atoms with E-state index in [1.54, 1.807) is 26.3 Å². The first kappa shape index (κ1) is 21.9. The molecule has 8 heteroatoms. The molecule has 2 N–H and O–H groups in total. The summed E-state index contributed by atoms with van der Waals surface area (Å²) in [7, 11) is 3.29. The Morgan fingerprint density at radius 3 is 2.23 bits per heavy atom. The molecule has 0 saturated carbocycles. The van der Waals surface area contributed by atoms with E-state index in [2.05, 4.69) is 20.4 Å². The van der Waals surface area contributed by atoms with Crippen LogP contribution in [-0.4, -0.2) is 26.7 Å². The molecule has 0 aromatic heterocycles. The molecule has 0 aliphatic rings. The number of ether oxygens (including phenoxy) is 2. The summed E-state index contributed by atoms with van der Waals surface area (Å²) in [6, 6.07) is 14.3. The van der Waals surface area contributed by atoms with Crippen LogP contribution >= 0.6 is 24.0 Å². The van der Waals surface area contributed by atoms with Gasteiger partial charge in [0.25, 0.3) is 0 Å². The van der Waals surface area contributed by atoms with Crippen molar-refractivity contribution in [2.75, 3.05) is 14.2 Å². The molecule has 0 aliphatic heterocycles. The predicted molar refractivity (Wildman–Crippen MR) is 109 cm³/mol. The molecule has 0 aliphatic carbocycles. The molecule has 0 atom stereocenters. The first-order valence-electron chi connectivity index (χ1n) is 7.72. The zero-order valence-corrected chi connectivity index (χ0v) is 16.9. The van der Waals surface area contributed by atoms with Crippen LogP contribution in [-0.2, 0) is 13.1 Å². The van der Waals surface area contributed by atoms with Gasteiger partial charge < -0.3 is 20.1 Å². The molecule has 0 fully saturated rings. The second kappa shape index (κ2) is 11.5. The lowest BCUT2D eigenvalue weighted by Crippen LogP contribution is -2.36. The number of nitrogens with zero attached hydrogens (tertiary/aromatic N) is 1. The Labute approximate surface area is 168 Å². The summed E-state index contributed by atoms with van der Waals surface area (Å²) < 4.78 is 34.0. The number of hydrogen-bond acceptors (Lipinski definition) is 3. The van der Waals surface area contributed by atoms with E-state index in [1.165, 1.54) is 6.07 Å². The Balaban J connectivity index is 0.00000338. The molecule has 2 aromatic rings. The number of nitrogens with one attached hydrogen (secondary N) is 2. The zero-order chi connectivity index (χ0) is 18.1. The molecule has 2 aromatic carbocycles. The van der Waals surface area contributed by atoms with Crippen molar-refractivity contribution in [3.05, 3.63) is 59.7 Å². The maximum absolute atomic E-state index is 12.3. The highest BCUT2D eigenvalue weighted by molar-refractivity contribution is 14.0. The van der Waals surface area contributed by atoms with Crippen molar-refractivity contribution in [3.8, 4) is 11.5 Å². The van der Waals surface area contributed by atoms with Crippen LogP contribution in [0.5, 0.6) is 11.5 Å². The van der Waals surface area contributed by atoms with Crippen LogP contribution in [0.25, 0.3) is 0 Å². The van der Waals surface area contributed by atoms with Gasteiger partial charge in [-0.25, -0.2) is 0 Å². The van der Waals surface area contributed by atoms with Crippen molar-refractivity contribution in [1.29, 1.82) is 0 Å². The molecule has 0 unspecified atom stereocenters. The van der Waals surface area contributed by atoms with E-state index in [-0.39, 0.29) is 29.7 Å². The summed E-state index contributed by atoms with van der Waals surface area (Å²) >= 11 is 0. The second-order valence-electron chi connectivity index (χ2n) is 5.15. The van der Waals surface area contributed by atoms with Crippen LogP contribution in [0, 0.1) is 0 Å². The molecular weight excluding hydrogens is 455 g/mol. The number of halogens is 3. The fraction of sp³-hybridized carbons (Fsp3) is 0.278. The first-order valence-corrected chi connectivity index (χ1v) is 7.72. The van der Waals surface area contributed by atoms with Gasteiger partial charge in [-0.05, 0) is 35.4 Å². The summed E-state index contributed by atoms with van der Waals surface area (Å²) in [5.41, 5.74) is 1.89. The Morgan fingerprint density at radius 2 is 1.65 bits per heavy atom. The van der Waals surface area contributed by atoms with Crippen molar-refractivity contribution in [2.24, 2.45) is 4.99 Å². The maximum atomic E-state index is 12.3. The number of hydrogen-bond donors (Lipinski definition) is 2. The molecule has 0 saturated heterocycles. The van der Waals surface area contributed by atoms with Crippen LogP contribution in [0.2, 0.25) is 0 Å². The van der Waals surface area contributed by atoms with Crippen molar-refractivity contribution >= 4 is 29.9 Å². The van der Waals surface area contributed by atoms with E-state index >= 15 is 0 Å². The van der Waals surface area contributed by atoms with Crippen LogP contribution in [0.15, 0.2) is 53.5 Å². The third-order valence-electron chi connectivity index (χ3n) is 3.43. The van der Waals surface area contributed by atoms with Crippen molar-refractivity contribution in [1.82, 2.24) is 10.6 Å². The molecule has 0 bridgehead atoms. The van der Waals surface area contributed by atoms with Crippen molar-refractivity contribution in [2.45, 2.75) is 19.7 Å². The topological polar surface area (TPSA) is 54.9 Å². The minimum atomic E-state index is -2.83. The van der Waals surface area contributed by atoms with Gasteiger partial charge in [0.05, 0.1) is 7.11 Å². The third kappa shape index (κ3) is 7.42. The highest BCUT2D eigenvalue weighted by Crippen LogP contribution is 2.15. The molecule has 0 heterocycles. The summed E-state index contributed by atoms with van der Waals surface area (Å²) in [4.78, 5) is 4.14. The molecule has 0 amide bonds. The summed E-state index contributed by atoms with van der Waals surface area (Å²) in [5.74, 6) is 1.55. The van der Waals surface area contributed by atoms with Crippen LogP contribution < -0.4 is 20.1 Å². The van der Waals surface area contributed by atoms with Gasteiger partial charge in [-0.2, -0.15) is 8.78 Å². The van der Waals surface area contributed by atoms with Gasteiger partial charge in [-0.15, -0.1) is 24.0 Å². The lowest BCUT2D eigenvalue weighted by Gasteiger charge is -2.13. The largest absolute Gasteiger partial charge is 0.497 e. The Hall–Kier alpha value is -2.10. The minimum Gasteiger partial charge on any atom is -0.497 e. The van der Waals surface area contributed by atoms with Crippen LogP contribution in [0.3, 0.4) is 0 Å². The van der Waals surface area contributed by atoms with E-state index in [0.29, 0.717) is 19.0 Å². The number of benzene rings is 2. The lowest BCUT2D eigenvalue weighted by molar-refractivity contribution is -0.0498. The fourth-order valence-electron chi connectivity index (χ4n) is 2.17. The Morgan fingerprint density at radius 1 is 1.00 bits per heavy atom. The Bertz CT molecular complexity index is 697. The summed E-state index contributed by atoms with van der Waals surface area (Å²) in [6.07, 6.45) is 0. The SMILES string of the molecule is CN=C(NCc1ccc(OC)cc1)NCc1cccc(OC(F)F)c1.I. The van der Waals surface area contributed by atoms with Crippen molar-refractivity contribution < 1.29 is 18.3 Å². The average Bonchev–Trinajstić information content (AvgIpc) is 2.62.